The van der Waals surface area contributed by atoms with E-state index in [0.29, 0.717) is 0 Å². The summed E-state index contributed by atoms with van der Waals surface area (Å²) in [7, 11) is -4.67. The van der Waals surface area contributed by atoms with Gasteiger partial charge >= 0.3 is 88.6 Å². The van der Waals surface area contributed by atoms with Crippen LogP contribution in [0.3, 0.4) is 0 Å². The van der Waals surface area contributed by atoms with E-state index >= 15 is 0 Å². The van der Waals surface area contributed by atoms with Gasteiger partial charge in [-0.05, 0) is 0 Å². The number of hydrogen-bond donors (Lipinski definition) is 2. The Hall–Kier alpha value is 2.43. The maximum Gasteiger partial charge on any atom is 3.00 e. The van der Waals surface area contributed by atoms with Crippen LogP contribution in [0, 0.1) is 0 Å². The summed E-state index contributed by atoms with van der Waals surface area (Å²) in [5.41, 5.74) is 0. The van der Waals surface area contributed by atoms with Gasteiger partial charge < -0.3 is 0 Å². The second kappa shape index (κ2) is 9.43. The molecule has 0 rings (SSSR count). The van der Waals surface area contributed by atoms with E-state index in [9.17, 15) is 0 Å². The van der Waals surface area contributed by atoms with Crippen LogP contribution in [0.4, 0.5) is 0 Å². The van der Waals surface area contributed by atoms with Crippen molar-refractivity contribution in [1.29, 1.82) is 0 Å². The molecule has 0 fully saturated rings. The van der Waals surface area contributed by atoms with E-state index in [-0.39, 0.29) is 78.2 Å². The second-order valence-electron chi connectivity index (χ2n) is 0.448. The molecule has 8 heavy (non-hydrogen) atoms. The van der Waals surface area contributed by atoms with Gasteiger partial charge in [0.25, 0.3) is 0 Å². The van der Waals surface area contributed by atoms with Crippen LogP contribution in [0.2, 0.25) is 0 Å². The molecule has 0 aliphatic heterocycles. The van der Waals surface area contributed by atoms with Crippen molar-refractivity contribution in [1.82, 2.24) is 0 Å². The van der Waals surface area contributed by atoms with Crippen LogP contribution in [0.5, 0.6) is 0 Å². The second-order valence-corrected chi connectivity index (χ2v) is 1.34. The van der Waals surface area contributed by atoms with E-state index in [2.05, 4.69) is 0 Å². The van der Waals surface area contributed by atoms with E-state index < -0.39 is 10.4 Å². The molecule has 0 spiro atoms. The molecule has 0 aromatic heterocycles. The van der Waals surface area contributed by atoms with Crippen LogP contribution in [0.15, 0.2) is 0 Å². The minimum Gasteiger partial charge on any atom is -0.264 e. The molecule has 0 aromatic carbocycles. The average molecular weight is 189 g/mol. The fourth-order valence-electron chi connectivity index (χ4n) is 0. The van der Waals surface area contributed by atoms with Gasteiger partial charge in [0.2, 0.25) is 0 Å². The zero-order valence-electron chi connectivity index (χ0n) is 4.11. The summed E-state index contributed by atoms with van der Waals surface area (Å²) in [6.07, 6.45) is 0. The number of rotatable bonds is 0. The van der Waals surface area contributed by atoms with Crippen molar-refractivity contribution in [3.63, 3.8) is 0 Å². The predicted molar refractivity (Wildman–Crippen MR) is 31.4 cm³/mol. The molecule has 4 nitrogen and oxygen atoms in total. The third kappa shape index (κ3) is 78.9. The Labute approximate surface area is 104 Å². The summed E-state index contributed by atoms with van der Waals surface area (Å²) in [6.45, 7) is 0. The molecule has 0 amide bonds. The molecule has 0 atom stereocenters. The minimum atomic E-state index is -4.67. The van der Waals surface area contributed by atoms with Crippen molar-refractivity contribution in [2.75, 3.05) is 0 Å². The maximum absolute atomic E-state index is 8.74. The molecule has 0 heterocycles. The fraction of sp³-hybridized carbons (Fsp3) is 0. The van der Waals surface area contributed by atoms with Crippen molar-refractivity contribution >= 4 is 88.6 Å². The van der Waals surface area contributed by atoms with Crippen LogP contribution in [-0.4, -0.2) is 95.7 Å². The Bertz CT molecular complexity index is 99.2. The van der Waals surface area contributed by atoms with E-state index in [1.54, 1.807) is 0 Å². The third-order valence-corrected chi connectivity index (χ3v) is 0. The molecule has 32 valence electrons. The molecule has 0 bridgehead atoms. The zero-order valence-corrected chi connectivity index (χ0v) is 9.70. The van der Waals surface area contributed by atoms with Crippen LogP contribution < -0.4 is 0 Å². The Balaban J connectivity index is -0.0000000267. The molecule has 0 aliphatic carbocycles. The molecule has 0 unspecified atom stereocenters. The van der Waals surface area contributed by atoms with Crippen molar-refractivity contribution in [3.05, 3.63) is 0 Å². The van der Waals surface area contributed by atoms with Gasteiger partial charge in [0, 0.05) is 0 Å². The van der Waals surface area contributed by atoms with Crippen molar-refractivity contribution < 1.29 is 17.5 Å². The molecule has 0 saturated heterocycles. The van der Waals surface area contributed by atoms with E-state index in [4.69, 9.17) is 17.5 Å². The van der Waals surface area contributed by atoms with Gasteiger partial charge in [0.15, 0.2) is 0 Å². The number of hydrogen-bond acceptors (Lipinski definition) is 2. The Morgan fingerprint density at radius 3 is 1.12 bits per heavy atom. The monoisotopic (exact) mass is 189 g/mol. The summed E-state index contributed by atoms with van der Waals surface area (Å²) < 4.78 is 31.6. The first-order chi connectivity index (χ1) is 2.00. The zero-order chi connectivity index (χ0) is 4.50. The molecular formula is H2AlCaMgO4S+7. The van der Waals surface area contributed by atoms with Crippen molar-refractivity contribution in [2.45, 2.75) is 0 Å². The van der Waals surface area contributed by atoms with Crippen LogP contribution >= 0.6 is 0 Å². The molecule has 0 aromatic rings. The summed E-state index contributed by atoms with van der Waals surface area (Å²) >= 11 is 0. The van der Waals surface area contributed by atoms with E-state index in [0.717, 1.165) is 0 Å². The molecule has 0 aliphatic rings. The van der Waals surface area contributed by atoms with Gasteiger partial charge in [-0.15, -0.1) is 0 Å². The van der Waals surface area contributed by atoms with Crippen molar-refractivity contribution in [3.8, 4) is 0 Å². The van der Waals surface area contributed by atoms with Crippen molar-refractivity contribution in [2.24, 2.45) is 0 Å². The quantitative estimate of drug-likeness (QED) is 0.348. The van der Waals surface area contributed by atoms with Gasteiger partial charge in [0.05, 0.1) is 0 Å². The minimum absolute atomic E-state index is 0. The van der Waals surface area contributed by atoms with E-state index in [1.165, 1.54) is 0 Å². The standard InChI is InChI=1S/Al.Ca.Mg.H2O4S/c;;;1-5(2,3)4/h;;;(H2,1,2,3,4)/q+3;2*+2;. The Morgan fingerprint density at radius 1 is 1.12 bits per heavy atom. The van der Waals surface area contributed by atoms with Gasteiger partial charge in [-0.3, -0.25) is 9.11 Å². The predicted octanol–water partition coefficient (Wildman–Crippen LogP) is -1.80. The first-order valence-electron chi connectivity index (χ1n) is 0.698. The Kier molecular flexibility index (Phi) is 26.4. The first-order valence-corrected chi connectivity index (χ1v) is 2.10. The van der Waals surface area contributed by atoms with Gasteiger partial charge in [-0.1, -0.05) is 0 Å². The van der Waals surface area contributed by atoms with Crippen LogP contribution in [-0.2, 0) is 10.4 Å². The van der Waals surface area contributed by atoms with Crippen LogP contribution in [0.25, 0.3) is 0 Å². The third-order valence-electron chi connectivity index (χ3n) is 0. The van der Waals surface area contributed by atoms with Crippen LogP contribution in [0.1, 0.15) is 0 Å². The average Bonchev–Trinajstić information content (AvgIpc) is 0.722. The molecule has 2 N–H and O–H groups in total. The molecule has 8 heteroatoms. The summed E-state index contributed by atoms with van der Waals surface area (Å²) in [5, 5.41) is 0. The summed E-state index contributed by atoms with van der Waals surface area (Å²) in [4.78, 5) is 0. The molecular weight excluding hydrogens is 187 g/mol. The topological polar surface area (TPSA) is 74.6 Å². The van der Waals surface area contributed by atoms with Gasteiger partial charge in [-0.25, -0.2) is 0 Å². The normalized spacial score (nSPS) is 7.25. The van der Waals surface area contributed by atoms with Gasteiger partial charge in [0.1, 0.15) is 0 Å². The summed E-state index contributed by atoms with van der Waals surface area (Å²) in [6, 6.07) is 0. The molecule has 0 saturated carbocycles. The first kappa shape index (κ1) is 22.4. The smallest absolute Gasteiger partial charge is 0.264 e. The molecule has 0 radical (unpaired) electrons. The van der Waals surface area contributed by atoms with E-state index in [1.807, 2.05) is 0 Å². The Morgan fingerprint density at radius 2 is 1.12 bits per heavy atom. The SMILES string of the molecule is O=S(=O)(O)O.[Al+3].[Ca+2].[Mg+2]. The fourth-order valence-corrected chi connectivity index (χ4v) is 0. The maximum atomic E-state index is 8.74. The largest absolute Gasteiger partial charge is 3.00 e. The summed E-state index contributed by atoms with van der Waals surface area (Å²) in [5.74, 6) is 0. The van der Waals surface area contributed by atoms with Gasteiger partial charge in [-0.2, -0.15) is 8.42 Å².